The minimum atomic E-state index is 0.230. The molecular weight excluding hydrogens is 155 g/mol. The molecule has 0 saturated heterocycles. The molecule has 1 rings (SSSR count). The lowest BCUT2D eigenvalue weighted by Gasteiger charge is -2.00. The molecule has 0 fully saturated rings. The normalized spacial score (nSPS) is 27.1. The summed E-state index contributed by atoms with van der Waals surface area (Å²) in [6.45, 7) is 3.96. The summed E-state index contributed by atoms with van der Waals surface area (Å²) in [6.07, 6.45) is 1.91. The molecule has 0 N–H and O–H groups in total. The highest BCUT2D eigenvalue weighted by atomic mass is 35.5. The second-order valence-electron chi connectivity index (χ2n) is 2.28. The Morgan fingerprint density at radius 1 is 1.44 bits per heavy atom. The van der Waals surface area contributed by atoms with E-state index in [0.717, 1.165) is 15.6 Å². The van der Waals surface area contributed by atoms with Crippen molar-refractivity contribution in [1.82, 2.24) is 0 Å². The van der Waals surface area contributed by atoms with Crippen LogP contribution in [0.4, 0.5) is 0 Å². The molecule has 1 aliphatic carbocycles. The molecule has 1 unspecified atom stereocenters. The molecule has 0 radical (unpaired) electrons. The van der Waals surface area contributed by atoms with Crippen LogP contribution in [0.15, 0.2) is 21.7 Å². The minimum absolute atomic E-state index is 0.230. The van der Waals surface area contributed by atoms with Crippen LogP contribution in [0.5, 0.6) is 0 Å². The van der Waals surface area contributed by atoms with E-state index in [0.29, 0.717) is 0 Å². The Balaban J connectivity index is 2.92. The lowest BCUT2D eigenvalue weighted by atomic mass is 10.2. The summed E-state index contributed by atoms with van der Waals surface area (Å²) >= 11 is 11.6. The van der Waals surface area contributed by atoms with Gasteiger partial charge in [0.15, 0.2) is 0 Å². The molecule has 1 aliphatic rings. The topological polar surface area (TPSA) is 0 Å². The Labute approximate surface area is 65.2 Å². The van der Waals surface area contributed by atoms with Crippen molar-refractivity contribution in [3.05, 3.63) is 21.7 Å². The van der Waals surface area contributed by atoms with E-state index in [1.165, 1.54) is 0 Å². The van der Waals surface area contributed by atoms with Crippen molar-refractivity contribution in [2.45, 2.75) is 13.8 Å². The first-order valence-corrected chi connectivity index (χ1v) is 3.62. The molecule has 1 atom stereocenters. The zero-order valence-corrected chi connectivity index (χ0v) is 6.92. The summed E-state index contributed by atoms with van der Waals surface area (Å²) in [6, 6.07) is 0. The Bertz CT molecular complexity index is 189. The average molecular weight is 163 g/mol. The van der Waals surface area contributed by atoms with Gasteiger partial charge in [-0.1, -0.05) is 30.1 Å². The van der Waals surface area contributed by atoms with Crippen molar-refractivity contribution >= 4 is 23.2 Å². The fourth-order valence-corrected chi connectivity index (χ4v) is 1.36. The molecule has 0 amide bonds. The van der Waals surface area contributed by atoms with Gasteiger partial charge in [-0.25, -0.2) is 0 Å². The van der Waals surface area contributed by atoms with Gasteiger partial charge in [0.05, 0.1) is 0 Å². The predicted molar refractivity (Wildman–Crippen MR) is 41.7 cm³/mol. The molecule has 2 heteroatoms. The molecule has 0 bridgehead atoms. The van der Waals surface area contributed by atoms with Gasteiger partial charge in [0.2, 0.25) is 0 Å². The Hall–Kier alpha value is 0.0600. The Kier molecular flexibility index (Phi) is 1.88. The van der Waals surface area contributed by atoms with Crippen LogP contribution in [-0.4, -0.2) is 0 Å². The maximum atomic E-state index is 5.85. The SMILES string of the molecule is CC1=C(Cl)C(C)C(Cl)=C1. The first kappa shape index (κ1) is 7.17. The van der Waals surface area contributed by atoms with Crippen molar-refractivity contribution < 1.29 is 0 Å². The highest BCUT2D eigenvalue weighted by Crippen LogP contribution is 2.35. The van der Waals surface area contributed by atoms with Crippen LogP contribution in [0.3, 0.4) is 0 Å². The van der Waals surface area contributed by atoms with Gasteiger partial charge in [-0.3, -0.25) is 0 Å². The molecule has 0 aromatic carbocycles. The summed E-state index contributed by atoms with van der Waals surface area (Å²) in [4.78, 5) is 0. The van der Waals surface area contributed by atoms with Crippen LogP contribution in [0.2, 0.25) is 0 Å². The monoisotopic (exact) mass is 162 g/mol. The van der Waals surface area contributed by atoms with Crippen molar-refractivity contribution in [3.63, 3.8) is 0 Å². The van der Waals surface area contributed by atoms with Crippen LogP contribution >= 0.6 is 23.2 Å². The number of rotatable bonds is 0. The molecule has 0 nitrogen and oxygen atoms in total. The van der Waals surface area contributed by atoms with Gasteiger partial charge in [0.1, 0.15) is 0 Å². The molecule has 0 aromatic rings. The van der Waals surface area contributed by atoms with E-state index >= 15 is 0 Å². The van der Waals surface area contributed by atoms with Crippen molar-refractivity contribution in [2.24, 2.45) is 5.92 Å². The summed E-state index contributed by atoms with van der Waals surface area (Å²) in [7, 11) is 0. The third-order valence-electron chi connectivity index (χ3n) is 1.52. The molecule has 0 heterocycles. The van der Waals surface area contributed by atoms with Crippen molar-refractivity contribution in [3.8, 4) is 0 Å². The first-order chi connectivity index (χ1) is 4.13. The van der Waals surface area contributed by atoms with Crippen LogP contribution in [0, 0.1) is 5.92 Å². The smallest absolute Gasteiger partial charge is 0.0291 e. The third kappa shape index (κ3) is 1.15. The third-order valence-corrected chi connectivity index (χ3v) is 2.59. The fraction of sp³-hybridized carbons (Fsp3) is 0.429. The first-order valence-electron chi connectivity index (χ1n) is 2.86. The van der Waals surface area contributed by atoms with Crippen LogP contribution in [0.1, 0.15) is 13.8 Å². The molecule has 0 aliphatic heterocycles. The Morgan fingerprint density at radius 3 is 2.11 bits per heavy atom. The van der Waals surface area contributed by atoms with Crippen LogP contribution < -0.4 is 0 Å². The number of hydrogen-bond donors (Lipinski definition) is 0. The maximum absolute atomic E-state index is 5.85. The lowest BCUT2D eigenvalue weighted by Crippen LogP contribution is -1.87. The number of hydrogen-bond acceptors (Lipinski definition) is 0. The fourth-order valence-electron chi connectivity index (χ4n) is 0.863. The second-order valence-corrected chi connectivity index (χ2v) is 3.13. The zero-order chi connectivity index (χ0) is 7.02. The van der Waals surface area contributed by atoms with E-state index in [1.54, 1.807) is 0 Å². The van der Waals surface area contributed by atoms with Crippen molar-refractivity contribution in [2.75, 3.05) is 0 Å². The van der Waals surface area contributed by atoms with Gasteiger partial charge in [-0.2, -0.15) is 0 Å². The number of allylic oxidation sites excluding steroid dienone is 4. The standard InChI is InChI=1S/C7H8Cl2/c1-4-3-6(8)5(2)7(4)9/h3,5H,1-2H3. The predicted octanol–water partition coefficient (Wildman–Crippen LogP) is 3.27. The zero-order valence-electron chi connectivity index (χ0n) is 5.41. The van der Waals surface area contributed by atoms with E-state index in [2.05, 4.69) is 0 Å². The minimum Gasteiger partial charge on any atom is -0.0884 e. The van der Waals surface area contributed by atoms with Gasteiger partial charge in [0, 0.05) is 16.0 Å². The van der Waals surface area contributed by atoms with Gasteiger partial charge >= 0.3 is 0 Å². The molecule has 0 saturated carbocycles. The summed E-state index contributed by atoms with van der Waals surface area (Å²) in [5, 5.41) is 1.72. The van der Waals surface area contributed by atoms with Crippen LogP contribution in [0.25, 0.3) is 0 Å². The molecule has 9 heavy (non-hydrogen) atoms. The molecule has 0 spiro atoms. The van der Waals surface area contributed by atoms with Gasteiger partial charge in [-0.15, -0.1) is 0 Å². The second kappa shape index (κ2) is 2.36. The molecule has 0 aromatic heterocycles. The van der Waals surface area contributed by atoms with Crippen molar-refractivity contribution in [1.29, 1.82) is 0 Å². The van der Waals surface area contributed by atoms with Gasteiger partial charge < -0.3 is 0 Å². The molecular formula is C7H8Cl2. The highest BCUT2D eigenvalue weighted by molar-refractivity contribution is 6.36. The Morgan fingerprint density at radius 2 is 2.00 bits per heavy atom. The van der Waals surface area contributed by atoms with E-state index in [9.17, 15) is 0 Å². The lowest BCUT2D eigenvalue weighted by molar-refractivity contribution is 0.913. The largest absolute Gasteiger partial charge is 0.0884 e. The van der Waals surface area contributed by atoms with Gasteiger partial charge in [-0.05, 0) is 18.6 Å². The average Bonchev–Trinajstić information content (AvgIpc) is 1.98. The van der Waals surface area contributed by atoms with E-state index in [1.807, 2.05) is 19.9 Å². The molecule has 50 valence electrons. The summed E-state index contributed by atoms with van der Waals surface area (Å²) in [5.74, 6) is 0.230. The van der Waals surface area contributed by atoms with Gasteiger partial charge in [0.25, 0.3) is 0 Å². The summed E-state index contributed by atoms with van der Waals surface area (Å²) in [5.41, 5.74) is 1.09. The number of halogens is 2. The van der Waals surface area contributed by atoms with E-state index in [-0.39, 0.29) is 5.92 Å². The van der Waals surface area contributed by atoms with Crippen LogP contribution in [-0.2, 0) is 0 Å². The maximum Gasteiger partial charge on any atom is 0.0291 e. The summed E-state index contributed by atoms with van der Waals surface area (Å²) < 4.78 is 0. The quantitative estimate of drug-likeness (QED) is 0.514. The van der Waals surface area contributed by atoms with E-state index in [4.69, 9.17) is 23.2 Å². The van der Waals surface area contributed by atoms with E-state index < -0.39 is 0 Å². The highest BCUT2D eigenvalue weighted by Gasteiger charge is 2.18.